The highest BCUT2D eigenvalue weighted by molar-refractivity contribution is 8.13. The Morgan fingerprint density at radius 2 is 1.05 bits per heavy atom. The number of carbonyl (C=O) groups excluding carboxylic acids is 2. The molecule has 0 aromatic carbocycles. The van der Waals surface area contributed by atoms with E-state index in [4.69, 9.17) is 0 Å². The fraction of sp³-hybridized carbons (Fsp3) is 0.867. The molecule has 0 radical (unpaired) electrons. The van der Waals surface area contributed by atoms with Crippen molar-refractivity contribution in [1.29, 1.82) is 0 Å². The van der Waals surface area contributed by atoms with E-state index < -0.39 is 0 Å². The molecule has 0 atom stereocenters. The molecule has 0 aromatic heterocycles. The summed E-state index contributed by atoms with van der Waals surface area (Å²) in [6, 6.07) is 0. The molecule has 0 aliphatic carbocycles. The Morgan fingerprint density at radius 3 is 1.33 bits per heavy atom. The van der Waals surface area contributed by atoms with E-state index in [9.17, 15) is 9.59 Å². The third-order valence-electron chi connectivity index (χ3n) is 2.81. The van der Waals surface area contributed by atoms with Crippen LogP contribution in [0.5, 0.6) is 0 Å². The SMILES string of the molecule is C[N+](C)(C)CCSC(=O)CCCC(=O)SCC[N+](C)(C)C. The summed E-state index contributed by atoms with van der Waals surface area (Å²) >= 11 is 2.80. The number of nitrogens with zero attached hydrogens (tertiary/aromatic N) is 2. The molecule has 0 aliphatic rings. The molecule has 0 spiro atoms. The van der Waals surface area contributed by atoms with Crippen molar-refractivity contribution in [2.24, 2.45) is 0 Å². The number of rotatable bonds is 10. The topological polar surface area (TPSA) is 34.1 Å². The van der Waals surface area contributed by atoms with E-state index in [2.05, 4.69) is 42.3 Å². The van der Waals surface area contributed by atoms with Crippen LogP contribution in [-0.4, -0.2) is 86.1 Å². The quantitative estimate of drug-likeness (QED) is 0.572. The van der Waals surface area contributed by atoms with Crippen LogP contribution in [-0.2, 0) is 9.59 Å². The second-order valence-electron chi connectivity index (χ2n) is 7.32. The molecular weight excluding hydrogens is 304 g/mol. The second kappa shape index (κ2) is 9.87. The first kappa shape index (κ1) is 21.0. The van der Waals surface area contributed by atoms with Gasteiger partial charge in [0.25, 0.3) is 0 Å². The number of carbonyl (C=O) groups is 2. The highest BCUT2D eigenvalue weighted by Gasteiger charge is 2.12. The summed E-state index contributed by atoms with van der Waals surface area (Å²) in [6.07, 6.45) is 1.72. The van der Waals surface area contributed by atoms with Gasteiger partial charge in [-0.2, -0.15) is 0 Å². The minimum Gasteiger partial charge on any atom is -0.330 e. The lowest BCUT2D eigenvalue weighted by Gasteiger charge is -2.23. The van der Waals surface area contributed by atoms with Gasteiger partial charge in [-0.3, -0.25) is 9.59 Å². The van der Waals surface area contributed by atoms with Gasteiger partial charge in [0.15, 0.2) is 10.2 Å². The molecule has 4 nitrogen and oxygen atoms in total. The van der Waals surface area contributed by atoms with Gasteiger partial charge >= 0.3 is 0 Å². The van der Waals surface area contributed by atoms with E-state index >= 15 is 0 Å². The third-order valence-corrected chi connectivity index (χ3v) is 4.64. The van der Waals surface area contributed by atoms with Crippen molar-refractivity contribution in [2.45, 2.75) is 19.3 Å². The Labute approximate surface area is 138 Å². The number of quaternary nitrogens is 2. The van der Waals surface area contributed by atoms with Gasteiger partial charge in [-0.1, -0.05) is 23.5 Å². The van der Waals surface area contributed by atoms with Crippen LogP contribution in [0.25, 0.3) is 0 Å². The Morgan fingerprint density at radius 1 is 0.714 bits per heavy atom. The fourth-order valence-corrected chi connectivity index (χ4v) is 3.70. The van der Waals surface area contributed by atoms with Crippen molar-refractivity contribution >= 4 is 33.8 Å². The maximum Gasteiger partial charge on any atom is 0.189 e. The molecule has 0 fully saturated rings. The van der Waals surface area contributed by atoms with Crippen LogP contribution < -0.4 is 0 Å². The molecule has 0 aromatic rings. The van der Waals surface area contributed by atoms with Crippen molar-refractivity contribution in [3.8, 4) is 0 Å². The number of thioether (sulfide) groups is 2. The van der Waals surface area contributed by atoms with Crippen LogP contribution >= 0.6 is 23.5 Å². The van der Waals surface area contributed by atoms with Gasteiger partial charge in [0.2, 0.25) is 0 Å². The lowest BCUT2D eigenvalue weighted by Crippen LogP contribution is -2.36. The van der Waals surface area contributed by atoms with Gasteiger partial charge in [0, 0.05) is 12.8 Å². The van der Waals surface area contributed by atoms with Gasteiger partial charge in [0.1, 0.15) is 0 Å². The van der Waals surface area contributed by atoms with E-state index in [1.54, 1.807) is 0 Å². The zero-order valence-corrected chi connectivity index (χ0v) is 16.1. The second-order valence-corrected chi connectivity index (χ2v) is 9.63. The van der Waals surface area contributed by atoms with Crippen molar-refractivity contribution in [1.82, 2.24) is 0 Å². The summed E-state index contributed by atoms with van der Waals surface area (Å²) in [5.41, 5.74) is 0. The zero-order chi connectivity index (χ0) is 16.5. The molecule has 0 N–H and O–H groups in total. The molecular formula is C15H32N2O2S2+2. The van der Waals surface area contributed by atoms with Crippen LogP contribution in [0.4, 0.5) is 0 Å². The molecule has 0 aliphatic heterocycles. The maximum absolute atomic E-state index is 11.7. The molecule has 0 rings (SSSR count). The minimum atomic E-state index is 0.215. The highest BCUT2D eigenvalue weighted by atomic mass is 32.2. The van der Waals surface area contributed by atoms with E-state index in [1.165, 1.54) is 23.5 Å². The summed E-state index contributed by atoms with van der Waals surface area (Å²) in [5.74, 6) is 1.71. The summed E-state index contributed by atoms with van der Waals surface area (Å²) in [7, 11) is 12.7. The Bertz CT molecular complexity index is 302. The molecule has 0 saturated heterocycles. The van der Waals surface area contributed by atoms with Gasteiger partial charge in [-0.05, 0) is 6.42 Å². The Kier molecular flexibility index (Phi) is 9.85. The van der Waals surface area contributed by atoms with E-state index in [0.29, 0.717) is 19.3 Å². The molecule has 6 heteroatoms. The van der Waals surface area contributed by atoms with Crippen LogP contribution in [0.15, 0.2) is 0 Å². The number of hydrogen-bond acceptors (Lipinski definition) is 4. The minimum absolute atomic E-state index is 0.215. The molecule has 124 valence electrons. The van der Waals surface area contributed by atoms with Crippen LogP contribution in [0, 0.1) is 0 Å². The Balaban J connectivity index is 3.60. The first-order valence-corrected chi connectivity index (χ1v) is 9.39. The molecule has 0 unspecified atom stereocenters. The average Bonchev–Trinajstić information content (AvgIpc) is 2.25. The maximum atomic E-state index is 11.7. The molecule has 0 bridgehead atoms. The van der Waals surface area contributed by atoms with Gasteiger partial charge < -0.3 is 8.97 Å². The predicted molar refractivity (Wildman–Crippen MR) is 94.6 cm³/mol. The summed E-state index contributed by atoms with van der Waals surface area (Å²) in [6.45, 7) is 1.96. The lowest BCUT2D eigenvalue weighted by molar-refractivity contribution is -0.867. The standard InChI is InChI=1S/C15H32N2O2S2/c1-16(2,3)10-12-20-14(18)8-7-9-15(19)21-13-11-17(4,5)6/h7-13H2,1-6H3/q+2. The first-order valence-electron chi connectivity index (χ1n) is 7.42. The van der Waals surface area contributed by atoms with E-state index in [-0.39, 0.29) is 10.2 Å². The fourth-order valence-electron chi connectivity index (χ4n) is 1.39. The molecule has 0 heterocycles. The monoisotopic (exact) mass is 336 g/mol. The normalized spacial score (nSPS) is 12.5. The van der Waals surface area contributed by atoms with E-state index in [0.717, 1.165) is 33.6 Å². The third kappa shape index (κ3) is 16.2. The smallest absolute Gasteiger partial charge is 0.189 e. The molecule has 21 heavy (non-hydrogen) atoms. The van der Waals surface area contributed by atoms with Crippen molar-refractivity contribution < 1.29 is 18.6 Å². The summed E-state index contributed by atoms with van der Waals surface area (Å²) in [5, 5.41) is 0.431. The molecule has 0 saturated carbocycles. The van der Waals surface area contributed by atoms with Crippen molar-refractivity contribution in [3.05, 3.63) is 0 Å². The summed E-state index contributed by atoms with van der Waals surface area (Å²) in [4.78, 5) is 23.4. The first-order chi connectivity index (χ1) is 9.49. The van der Waals surface area contributed by atoms with Crippen LogP contribution in [0.2, 0.25) is 0 Å². The lowest BCUT2D eigenvalue weighted by atomic mass is 10.3. The Hall–Kier alpha value is -0.0400. The van der Waals surface area contributed by atoms with Crippen molar-refractivity contribution in [2.75, 3.05) is 66.9 Å². The van der Waals surface area contributed by atoms with Crippen molar-refractivity contribution in [3.63, 3.8) is 0 Å². The highest BCUT2D eigenvalue weighted by Crippen LogP contribution is 2.14. The largest absolute Gasteiger partial charge is 0.330 e. The summed E-state index contributed by atoms with van der Waals surface area (Å²) < 4.78 is 1.75. The van der Waals surface area contributed by atoms with Gasteiger partial charge in [-0.15, -0.1) is 0 Å². The van der Waals surface area contributed by atoms with Crippen LogP contribution in [0.1, 0.15) is 19.3 Å². The van der Waals surface area contributed by atoms with E-state index in [1.807, 2.05) is 0 Å². The predicted octanol–water partition coefficient (Wildman–Crippen LogP) is 2.09. The van der Waals surface area contributed by atoms with Crippen LogP contribution in [0.3, 0.4) is 0 Å². The zero-order valence-electron chi connectivity index (χ0n) is 14.5. The van der Waals surface area contributed by atoms with Gasteiger partial charge in [-0.25, -0.2) is 0 Å². The van der Waals surface area contributed by atoms with Gasteiger partial charge in [0.05, 0.1) is 66.9 Å². The number of hydrogen-bond donors (Lipinski definition) is 0. The average molecular weight is 337 g/mol. The molecule has 0 amide bonds.